The zero-order valence-corrected chi connectivity index (χ0v) is 11.0. The van der Waals surface area contributed by atoms with Crippen LogP contribution >= 0.6 is 0 Å². The monoisotopic (exact) mass is 266 g/mol. The summed E-state index contributed by atoms with van der Waals surface area (Å²) in [6.07, 6.45) is 0.546. The summed E-state index contributed by atoms with van der Waals surface area (Å²) in [5, 5.41) is 12.1. The Kier molecular flexibility index (Phi) is 4.50. The normalized spacial score (nSPS) is 21.3. The van der Waals surface area contributed by atoms with E-state index in [1.54, 1.807) is 19.1 Å². The highest BCUT2D eigenvalue weighted by molar-refractivity contribution is 5.92. The number of nitrogens with one attached hydrogen (secondary N) is 1. The van der Waals surface area contributed by atoms with Crippen molar-refractivity contribution in [3.05, 3.63) is 30.1 Å². The molecule has 0 radical (unpaired) electrons. The third-order valence-corrected chi connectivity index (χ3v) is 3.51. The fourth-order valence-corrected chi connectivity index (χ4v) is 2.36. The van der Waals surface area contributed by atoms with E-state index in [4.69, 9.17) is 0 Å². The van der Waals surface area contributed by atoms with Gasteiger partial charge < -0.3 is 10.4 Å². The highest BCUT2D eigenvalue weighted by atomic mass is 19.1. The Morgan fingerprint density at radius 2 is 2.32 bits per heavy atom. The molecule has 0 spiro atoms. The van der Waals surface area contributed by atoms with Crippen LogP contribution in [0.4, 0.5) is 10.1 Å². The number of aliphatic hydroxyl groups excluding tert-OH is 1. The summed E-state index contributed by atoms with van der Waals surface area (Å²) in [5.74, 6) is -0.434. The van der Waals surface area contributed by atoms with Crippen LogP contribution in [-0.2, 0) is 4.79 Å². The molecule has 0 saturated carbocycles. The van der Waals surface area contributed by atoms with Crippen molar-refractivity contribution in [3.8, 4) is 0 Å². The zero-order chi connectivity index (χ0) is 13.8. The number of carbonyl (C=O) groups is 1. The maximum atomic E-state index is 13.4. The highest BCUT2D eigenvalue weighted by Crippen LogP contribution is 2.19. The molecule has 2 atom stereocenters. The predicted molar refractivity (Wildman–Crippen MR) is 71.3 cm³/mol. The topological polar surface area (TPSA) is 52.6 Å². The summed E-state index contributed by atoms with van der Waals surface area (Å²) >= 11 is 0. The van der Waals surface area contributed by atoms with Gasteiger partial charge in [0.2, 0.25) is 5.91 Å². The van der Waals surface area contributed by atoms with Crippen molar-refractivity contribution >= 4 is 11.6 Å². The highest BCUT2D eigenvalue weighted by Gasteiger charge is 2.27. The van der Waals surface area contributed by atoms with Crippen LogP contribution in [0.5, 0.6) is 0 Å². The summed E-state index contributed by atoms with van der Waals surface area (Å²) in [6.45, 7) is 3.51. The zero-order valence-electron chi connectivity index (χ0n) is 11.0. The van der Waals surface area contributed by atoms with Gasteiger partial charge in [-0.1, -0.05) is 12.1 Å². The lowest BCUT2D eigenvalue weighted by molar-refractivity contribution is -0.117. The molecule has 0 aliphatic carbocycles. The summed E-state index contributed by atoms with van der Waals surface area (Å²) in [5.41, 5.74) is 0.207. The van der Waals surface area contributed by atoms with Gasteiger partial charge in [-0.3, -0.25) is 9.69 Å². The molecule has 4 nitrogen and oxygen atoms in total. The summed E-state index contributed by atoms with van der Waals surface area (Å²) < 4.78 is 13.4. The Bertz CT molecular complexity index is 451. The van der Waals surface area contributed by atoms with E-state index in [1.165, 1.54) is 12.1 Å². The van der Waals surface area contributed by atoms with Gasteiger partial charge in [0.15, 0.2) is 0 Å². The number of aliphatic hydroxyl groups is 1. The molecule has 1 aliphatic heterocycles. The fraction of sp³-hybridized carbons (Fsp3) is 0.500. The van der Waals surface area contributed by atoms with Gasteiger partial charge in [0, 0.05) is 6.54 Å². The molecule has 0 bridgehead atoms. The molecule has 1 aromatic carbocycles. The first-order valence-corrected chi connectivity index (χ1v) is 6.51. The fourth-order valence-electron chi connectivity index (χ4n) is 2.36. The number of para-hydroxylation sites is 1. The van der Waals surface area contributed by atoms with Crippen LogP contribution < -0.4 is 5.32 Å². The number of rotatable bonds is 4. The van der Waals surface area contributed by atoms with Crippen LogP contribution in [0.3, 0.4) is 0 Å². The van der Waals surface area contributed by atoms with Gasteiger partial charge in [-0.2, -0.15) is 0 Å². The van der Waals surface area contributed by atoms with Crippen molar-refractivity contribution in [1.29, 1.82) is 0 Å². The Labute approximate surface area is 112 Å². The van der Waals surface area contributed by atoms with Crippen LogP contribution in [0.2, 0.25) is 0 Å². The van der Waals surface area contributed by atoms with E-state index in [9.17, 15) is 14.3 Å². The second kappa shape index (κ2) is 6.12. The number of hydrogen-bond acceptors (Lipinski definition) is 3. The molecular formula is C14H19FN2O2. The average molecular weight is 266 g/mol. The third-order valence-electron chi connectivity index (χ3n) is 3.51. The number of halogens is 1. The number of likely N-dealkylation sites (tertiary alicyclic amines) is 1. The summed E-state index contributed by atoms with van der Waals surface area (Å²) in [6, 6.07) is 6.11. The van der Waals surface area contributed by atoms with E-state index in [1.807, 2.05) is 4.90 Å². The lowest BCUT2D eigenvalue weighted by atomic mass is 10.0. The van der Waals surface area contributed by atoms with Crippen LogP contribution in [0.1, 0.15) is 13.3 Å². The van der Waals surface area contributed by atoms with Crippen LogP contribution in [0.15, 0.2) is 24.3 Å². The maximum absolute atomic E-state index is 13.4. The number of hydrogen-bond donors (Lipinski definition) is 2. The Morgan fingerprint density at radius 3 is 2.95 bits per heavy atom. The van der Waals surface area contributed by atoms with Crippen LogP contribution in [0.25, 0.3) is 0 Å². The molecule has 1 amide bonds. The number of nitrogens with zero attached hydrogens (tertiary/aromatic N) is 1. The molecule has 0 aromatic heterocycles. The molecule has 5 heteroatoms. The number of anilines is 1. The van der Waals surface area contributed by atoms with Gasteiger partial charge in [-0.15, -0.1) is 0 Å². The predicted octanol–water partition coefficient (Wildman–Crippen LogP) is 1.47. The first kappa shape index (κ1) is 14.0. The second-order valence-electron chi connectivity index (χ2n) is 5.05. The molecule has 1 saturated heterocycles. The van der Waals surface area contributed by atoms with E-state index >= 15 is 0 Å². The average Bonchev–Trinajstić information content (AvgIpc) is 2.80. The smallest absolute Gasteiger partial charge is 0.238 e. The van der Waals surface area contributed by atoms with Crippen molar-refractivity contribution in [3.63, 3.8) is 0 Å². The summed E-state index contributed by atoms with van der Waals surface area (Å²) in [4.78, 5) is 13.8. The van der Waals surface area contributed by atoms with Crippen molar-refractivity contribution in [2.24, 2.45) is 5.92 Å². The number of benzene rings is 1. The molecule has 1 aliphatic rings. The SMILES string of the molecule is CC(O)C1CCN(CC(=O)Nc2ccccc2F)C1. The van der Waals surface area contributed by atoms with E-state index in [-0.39, 0.29) is 30.2 Å². The first-order valence-electron chi connectivity index (χ1n) is 6.51. The molecular weight excluding hydrogens is 247 g/mol. The molecule has 1 heterocycles. The van der Waals surface area contributed by atoms with E-state index in [2.05, 4.69) is 5.32 Å². The number of carbonyl (C=O) groups excluding carboxylic acids is 1. The van der Waals surface area contributed by atoms with Gasteiger partial charge in [0.1, 0.15) is 5.82 Å². The van der Waals surface area contributed by atoms with Gasteiger partial charge in [0.05, 0.1) is 18.3 Å². The lowest BCUT2D eigenvalue weighted by Gasteiger charge is -2.17. The van der Waals surface area contributed by atoms with Crippen molar-refractivity contribution in [2.45, 2.75) is 19.4 Å². The van der Waals surface area contributed by atoms with E-state index < -0.39 is 5.82 Å². The minimum absolute atomic E-state index is 0.207. The molecule has 2 unspecified atom stereocenters. The minimum atomic E-state index is -0.431. The molecule has 1 aromatic rings. The lowest BCUT2D eigenvalue weighted by Crippen LogP contribution is -2.32. The largest absolute Gasteiger partial charge is 0.393 e. The van der Waals surface area contributed by atoms with E-state index in [0.717, 1.165) is 13.0 Å². The Morgan fingerprint density at radius 1 is 1.58 bits per heavy atom. The van der Waals surface area contributed by atoms with E-state index in [0.29, 0.717) is 6.54 Å². The molecule has 2 N–H and O–H groups in total. The van der Waals surface area contributed by atoms with Crippen LogP contribution in [-0.4, -0.2) is 41.7 Å². The molecule has 1 fully saturated rings. The van der Waals surface area contributed by atoms with Crippen molar-refractivity contribution in [1.82, 2.24) is 4.90 Å². The summed E-state index contributed by atoms with van der Waals surface area (Å²) in [7, 11) is 0. The molecule has 2 rings (SSSR count). The van der Waals surface area contributed by atoms with Crippen molar-refractivity contribution in [2.75, 3.05) is 25.0 Å². The Hall–Kier alpha value is -1.46. The van der Waals surface area contributed by atoms with Gasteiger partial charge in [0.25, 0.3) is 0 Å². The van der Waals surface area contributed by atoms with Gasteiger partial charge in [-0.05, 0) is 37.9 Å². The maximum Gasteiger partial charge on any atom is 0.238 e. The van der Waals surface area contributed by atoms with Crippen LogP contribution in [0, 0.1) is 11.7 Å². The van der Waals surface area contributed by atoms with Crippen molar-refractivity contribution < 1.29 is 14.3 Å². The Balaban J connectivity index is 1.84. The quantitative estimate of drug-likeness (QED) is 0.867. The number of amides is 1. The first-order chi connectivity index (χ1) is 9.06. The van der Waals surface area contributed by atoms with Gasteiger partial charge in [-0.25, -0.2) is 4.39 Å². The molecule has 104 valence electrons. The second-order valence-corrected chi connectivity index (χ2v) is 5.05. The standard InChI is InChI=1S/C14H19FN2O2/c1-10(18)11-6-7-17(8-11)9-14(19)16-13-5-3-2-4-12(13)15/h2-5,10-11,18H,6-9H2,1H3,(H,16,19). The van der Waals surface area contributed by atoms with Gasteiger partial charge >= 0.3 is 0 Å². The third kappa shape index (κ3) is 3.75. The minimum Gasteiger partial charge on any atom is -0.393 e. The molecule has 19 heavy (non-hydrogen) atoms.